The molecule has 3 rings (SSSR count). The molecule has 1 aromatic carbocycles. The van der Waals surface area contributed by atoms with E-state index in [0.29, 0.717) is 37.0 Å². The maximum Gasteiger partial charge on any atom is 0.303 e. The Morgan fingerprint density at radius 1 is 1.10 bits per heavy atom. The van der Waals surface area contributed by atoms with Crippen molar-refractivity contribution in [2.45, 2.75) is 57.2 Å². The van der Waals surface area contributed by atoms with Crippen LogP contribution in [0.25, 0.3) is 0 Å². The number of anilines is 1. The van der Waals surface area contributed by atoms with Crippen molar-refractivity contribution in [3.8, 4) is 0 Å². The first-order valence-corrected chi connectivity index (χ1v) is 10.7. The van der Waals surface area contributed by atoms with Crippen LogP contribution in [0.1, 0.15) is 44.9 Å². The Morgan fingerprint density at radius 2 is 1.86 bits per heavy atom. The lowest BCUT2D eigenvalue weighted by Crippen LogP contribution is -2.33. The minimum absolute atomic E-state index is 0.0266. The SMILES string of the molecule is O=C(O)CCC/C=C\C[C@@H]1[C@@H](CCNCC(=O)Nc2ccccc2)[C@@H]2CC[C@H]1O2. The average Bonchev–Trinajstić information content (AvgIpc) is 3.30. The minimum Gasteiger partial charge on any atom is -0.481 e. The third-order valence-corrected chi connectivity index (χ3v) is 5.92. The summed E-state index contributed by atoms with van der Waals surface area (Å²) in [5, 5.41) is 14.8. The zero-order chi connectivity index (χ0) is 20.5. The van der Waals surface area contributed by atoms with Gasteiger partial charge in [-0.25, -0.2) is 0 Å². The highest BCUT2D eigenvalue weighted by Crippen LogP contribution is 2.46. The third kappa shape index (κ3) is 6.68. The lowest BCUT2D eigenvalue weighted by atomic mass is 9.76. The number of carboxylic acid groups (broad SMARTS) is 1. The standard InChI is InChI=1S/C23H32N2O4/c26-22(25-17-8-4-3-5-9-17)16-24-15-14-19-18(20-12-13-21(19)29-20)10-6-1-2-7-11-23(27)28/h1,3-6,8-9,18-21,24H,2,7,10-16H2,(H,25,26)(H,27,28)/b6-1-/t18-,19-,20-,21+/m1/s1. The number of para-hydroxylation sites is 1. The summed E-state index contributed by atoms with van der Waals surface area (Å²) in [7, 11) is 0. The number of ether oxygens (including phenoxy) is 1. The fourth-order valence-electron chi connectivity index (χ4n) is 4.54. The lowest BCUT2D eigenvalue weighted by molar-refractivity contribution is -0.137. The number of nitrogens with one attached hydrogen (secondary N) is 2. The summed E-state index contributed by atoms with van der Waals surface area (Å²) in [6.45, 7) is 1.11. The van der Waals surface area contributed by atoms with E-state index in [-0.39, 0.29) is 12.3 Å². The number of hydrogen-bond acceptors (Lipinski definition) is 4. The Labute approximate surface area is 172 Å². The van der Waals surface area contributed by atoms with Crippen LogP contribution in [0.5, 0.6) is 0 Å². The Hall–Kier alpha value is -2.18. The van der Waals surface area contributed by atoms with Crippen molar-refractivity contribution in [1.29, 1.82) is 0 Å². The molecule has 1 aromatic rings. The molecular weight excluding hydrogens is 368 g/mol. The van der Waals surface area contributed by atoms with E-state index in [9.17, 15) is 9.59 Å². The van der Waals surface area contributed by atoms with E-state index in [4.69, 9.17) is 9.84 Å². The first kappa shape index (κ1) is 21.5. The Kier molecular flexibility index (Phi) is 8.25. The van der Waals surface area contributed by atoms with Crippen molar-refractivity contribution in [1.82, 2.24) is 5.32 Å². The molecule has 2 saturated heterocycles. The van der Waals surface area contributed by atoms with E-state index in [1.54, 1.807) is 0 Å². The van der Waals surface area contributed by atoms with E-state index in [0.717, 1.165) is 44.3 Å². The molecule has 4 atom stereocenters. The zero-order valence-electron chi connectivity index (χ0n) is 16.9. The minimum atomic E-state index is -0.732. The maximum absolute atomic E-state index is 12.0. The summed E-state index contributed by atoms with van der Waals surface area (Å²) in [5.74, 6) is 0.303. The maximum atomic E-state index is 12.0. The van der Waals surface area contributed by atoms with Crippen LogP contribution in [0, 0.1) is 11.8 Å². The Balaban J connectivity index is 1.35. The fourth-order valence-corrected chi connectivity index (χ4v) is 4.54. The fraction of sp³-hybridized carbons (Fsp3) is 0.565. The van der Waals surface area contributed by atoms with Crippen LogP contribution in [-0.2, 0) is 14.3 Å². The molecule has 0 saturated carbocycles. The number of carbonyl (C=O) groups excluding carboxylic acids is 1. The number of unbranched alkanes of at least 4 members (excludes halogenated alkanes) is 1. The molecule has 0 radical (unpaired) electrons. The molecule has 0 spiro atoms. The van der Waals surface area contributed by atoms with Crippen molar-refractivity contribution >= 4 is 17.6 Å². The molecule has 2 heterocycles. The smallest absolute Gasteiger partial charge is 0.303 e. The number of allylic oxidation sites excluding steroid dienone is 2. The lowest BCUT2D eigenvalue weighted by Gasteiger charge is -2.27. The van der Waals surface area contributed by atoms with E-state index >= 15 is 0 Å². The molecule has 3 N–H and O–H groups in total. The molecule has 2 aliphatic rings. The van der Waals surface area contributed by atoms with Gasteiger partial charge in [-0.3, -0.25) is 9.59 Å². The number of benzene rings is 1. The molecule has 0 aliphatic carbocycles. The van der Waals surface area contributed by atoms with Gasteiger partial charge in [-0.2, -0.15) is 0 Å². The summed E-state index contributed by atoms with van der Waals surface area (Å²) >= 11 is 0. The average molecular weight is 401 g/mol. The summed E-state index contributed by atoms with van der Waals surface area (Å²) in [4.78, 5) is 22.6. The van der Waals surface area contributed by atoms with Gasteiger partial charge in [-0.15, -0.1) is 0 Å². The van der Waals surface area contributed by atoms with Gasteiger partial charge in [0.2, 0.25) is 5.91 Å². The molecule has 6 nitrogen and oxygen atoms in total. The molecule has 29 heavy (non-hydrogen) atoms. The van der Waals surface area contributed by atoms with Crippen LogP contribution >= 0.6 is 0 Å². The second-order valence-electron chi connectivity index (χ2n) is 7.99. The number of carbonyl (C=O) groups is 2. The molecule has 0 unspecified atom stereocenters. The largest absolute Gasteiger partial charge is 0.481 e. The van der Waals surface area contributed by atoms with Crippen molar-refractivity contribution in [3.05, 3.63) is 42.5 Å². The molecule has 1 amide bonds. The zero-order valence-corrected chi connectivity index (χ0v) is 16.9. The van der Waals surface area contributed by atoms with Crippen LogP contribution in [0.2, 0.25) is 0 Å². The molecule has 6 heteroatoms. The van der Waals surface area contributed by atoms with E-state index in [2.05, 4.69) is 22.8 Å². The number of fused-ring (bicyclic) bond motifs is 2. The molecule has 2 aliphatic heterocycles. The number of carboxylic acids is 1. The van der Waals surface area contributed by atoms with Crippen LogP contribution < -0.4 is 10.6 Å². The van der Waals surface area contributed by atoms with Crippen molar-refractivity contribution in [2.75, 3.05) is 18.4 Å². The van der Waals surface area contributed by atoms with Gasteiger partial charge in [0.25, 0.3) is 0 Å². The topological polar surface area (TPSA) is 87.7 Å². The van der Waals surface area contributed by atoms with E-state index in [1.165, 1.54) is 0 Å². The first-order chi connectivity index (χ1) is 14.1. The predicted octanol–water partition coefficient (Wildman–Crippen LogP) is 3.60. The van der Waals surface area contributed by atoms with Gasteiger partial charge in [0, 0.05) is 12.1 Å². The predicted molar refractivity (Wildman–Crippen MR) is 113 cm³/mol. The Morgan fingerprint density at radius 3 is 2.62 bits per heavy atom. The van der Waals surface area contributed by atoms with Crippen LogP contribution in [0.15, 0.2) is 42.5 Å². The summed E-state index contributed by atoms with van der Waals surface area (Å²) in [6.07, 6.45) is 11.0. The number of amides is 1. The second-order valence-corrected chi connectivity index (χ2v) is 7.99. The highest BCUT2D eigenvalue weighted by atomic mass is 16.5. The molecule has 158 valence electrons. The van der Waals surface area contributed by atoms with Gasteiger partial charge in [0.1, 0.15) is 0 Å². The van der Waals surface area contributed by atoms with Gasteiger partial charge in [0.15, 0.2) is 0 Å². The highest BCUT2D eigenvalue weighted by molar-refractivity contribution is 5.92. The summed E-state index contributed by atoms with van der Waals surface area (Å²) in [6, 6.07) is 9.49. The molecular formula is C23H32N2O4. The third-order valence-electron chi connectivity index (χ3n) is 5.92. The summed E-state index contributed by atoms with van der Waals surface area (Å²) in [5.41, 5.74) is 0.816. The van der Waals surface area contributed by atoms with E-state index in [1.807, 2.05) is 30.3 Å². The van der Waals surface area contributed by atoms with Gasteiger partial charge in [0.05, 0.1) is 18.8 Å². The van der Waals surface area contributed by atoms with Crippen molar-refractivity contribution in [2.24, 2.45) is 11.8 Å². The van der Waals surface area contributed by atoms with E-state index < -0.39 is 5.97 Å². The van der Waals surface area contributed by atoms with Gasteiger partial charge >= 0.3 is 5.97 Å². The van der Waals surface area contributed by atoms with Crippen LogP contribution in [0.4, 0.5) is 5.69 Å². The normalized spacial score (nSPS) is 25.5. The van der Waals surface area contributed by atoms with Gasteiger partial charge < -0.3 is 20.5 Å². The molecule has 0 aromatic heterocycles. The van der Waals surface area contributed by atoms with Crippen molar-refractivity contribution < 1.29 is 19.4 Å². The number of hydrogen-bond donors (Lipinski definition) is 3. The molecule has 2 bridgehead atoms. The number of aliphatic carboxylic acids is 1. The van der Waals surface area contributed by atoms with Crippen LogP contribution in [-0.4, -0.2) is 42.3 Å². The second kappa shape index (κ2) is 11.1. The number of rotatable bonds is 12. The Bertz CT molecular complexity index is 691. The first-order valence-electron chi connectivity index (χ1n) is 10.7. The monoisotopic (exact) mass is 400 g/mol. The highest BCUT2D eigenvalue weighted by Gasteiger charge is 2.47. The van der Waals surface area contributed by atoms with Crippen molar-refractivity contribution in [3.63, 3.8) is 0 Å². The summed E-state index contributed by atoms with van der Waals surface area (Å²) < 4.78 is 6.15. The molecule has 2 fully saturated rings. The quantitative estimate of drug-likeness (QED) is 0.369. The van der Waals surface area contributed by atoms with Crippen LogP contribution in [0.3, 0.4) is 0 Å². The van der Waals surface area contributed by atoms with Gasteiger partial charge in [-0.1, -0.05) is 30.4 Å². The van der Waals surface area contributed by atoms with Gasteiger partial charge in [-0.05, 0) is 69.0 Å².